The Hall–Kier alpha value is -4.57. The van der Waals surface area contributed by atoms with Crippen molar-refractivity contribution in [1.82, 2.24) is 0 Å². The summed E-state index contributed by atoms with van der Waals surface area (Å²) < 4.78 is 6.17. The molecule has 0 saturated carbocycles. The molecule has 7 nitrogen and oxygen atoms in total. The Labute approximate surface area is 189 Å². The molecule has 160 valence electrons. The Kier molecular flexibility index (Phi) is 3.75. The summed E-state index contributed by atoms with van der Waals surface area (Å²) in [7, 11) is 0. The SMILES string of the molecule is N#CC1=C(N)O[C@@]2(C(=O)N(Cc3ccccc3)c3ccccc32)[C@]12C(=O)Nc1ccccc12. The topological polar surface area (TPSA) is 108 Å². The highest BCUT2D eigenvalue weighted by Gasteiger charge is 2.77. The van der Waals surface area contributed by atoms with Gasteiger partial charge in [-0.3, -0.25) is 9.59 Å². The minimum atomic E-state index is -1.83. The first kappa shape index (κ1) is 19.1. The molecular weight excluding hydrogens is 416 g/mol. The molecule has 0 aromatic heterocycles. The minimum Gasteiger partial charge on any atom is -0.455 e. The molecule has 3 heterocycles. The predicted octanol–water partition coefficient (Wildman–Crippen LogP) is 3.04. The summed E-state index contributed by atoms with van der Waals surface area (Å²) in [5.41, 5.74) is 5.66. The molecule has 33 heavy (non-hydrogen) atoms. The molecule has 6 rings (SSSR count). The third kappa shape index (κ3) is 2.12. The van der Waals surface area contributed by atoms with Crippen LogP contribution >= 0.6 is 0 Å². The lowest BCUT2D eigenvalue weighted by Crippen LogP contribution is -2.57. The second-order valence-corrected chi connectivity index (χ2v) is 8.28. The van der Waals surface area contributed by atoms with E-state index in [1.54, 1.807) is 41.3 Å². The average molecular weight is 434 g/mol. The number of rotatable bonds is 2. The first-order valence-corrected chi connectivity index (χ1v) is 10.5. The molecule has 3 aromatic rings. The van der Waals surface area contributed by atoms with Crippen molar-refractivity contribution in [3.63, 3.8) is 0 Å². The molecule has 2 amide bonds. The standard InChI is InChI=1S/C26H18N4O3/c27-14-19-22(28)33-26(25(19)17-10-4-6-12-20(17)29-23(25)31)18-11-5-7-13-21(18)30(24(26)32)15-16-8-2-1-3-9-16/h1-13H,15,28H2,(H,29,31)/t25-,26-/m0/s1. The average Bonchev–Trinajstić information content (AvgIpc) is 3.38. The Morgan fingerprint density at radius 1 is 0.939 bits per heavy atom. The maximum absolute atomic E-state index is 14.3. The molecule has 7 heteroatoms. The third-order valence-corrected chi connectivity index (χ3v) is 6.75. The summed E-state index contributed by atoms with van der Waals surface area (Å²) in [6, 6.07) is 25.9. The highest BCUT2D eigenvalue weighted by molar-refractivity contribution is 6.20. The van der Waals surface area contributed by atoms with Crippen molar-refractivity contribution in [2.24, 2.45) is 5.73 Å². The second kappa shape index (κ2) is 6.47. The zero-order valence-corrected chi connectivity index (χ0v) is 17.4. The van der Waals surface area contributed by atoms with Gasteiger partial charge in [0.25, 0.3) is 5.91 Å². The molecule has 0 unspecified atom stereocenters. The quantitative estimate of drug-likeness (QED) is 0.645. The van der Waals surface area contributed by atoms with Gasteiger partial charge < -0.3 is 20.7 Å². The van der Waals surface area contributed by atoms with E-state index in [-0.39, 0.29) is 18.0 Å². The number of nitrogens with one attached hydrogen (secondary N) is 1. The van der Waals surface area contributed by atoms with Crippen molar-refractivity contribution in [2.75, 3.05) is 10.2 Å². The number of anilines is 2. The lowest BCUT2D eigenvalue weighted by Gasteiger charge is -2.37. The number of benzene rings is 3. The van der Waals surface area contributed by atoms with Crippen molar-refractivity contribution < 1.29 is 14.3 Å². The molecule has 3 N–H and O–H groups in total. The predicted molar refractivity (Wildman–Crippen MR) is 120 cm³/mol. The lowest BCUT2D eigenvalue weighted by molar-refractivity contribution is -0.148. The van der Waals surface area contributed by atoms with Crippen LogP contribution in [0.25, 0.3) is 0 Å². The van der Waals surface area contributed by atoms with Crippen LogP contribution in [0.5, 0.6) is 0 Å². The highest BCUT2D eigenvalue weighted by Crippen LogP contribution is 2.64. The van der Waals surface area contributed by atoms with Crippen molar-refractivity contribution >= 4 is 23.2 Å². The number of amides is 2. The van der Waals surface area contributed by atoms with E-state index in [0.717, 1.165) is 5.56 Å². The van der Waals surface area contributed by atoms with Gasteiger partial charge in [0, 0.05) is 16.8 Å². The number of carbonyl (C=O) groups is 2. The van der Waals surface area contributed by atoms with Gasteiger partial charge in [-0.2, -0.15) is 5.26 Å². The summed E-state index contributed by atoms with van der Waals surface area (Å²) in [5, 5.41) is 13.0. The summed E-state index contributed by atoms with van der Waals surface area (Å²) in [4.78, 5) is 29.7. The van der Waals surface area contributed by atoms with Crippen LogP contribution in [0.3, 0.4) is 0 Å². The van der Waals surface area contributed by atoms with E-state index in [9.17, 15) is 14.9 Å². The van der Waals surface area contributed by atoms with Crippen LogP contribution in [-0.4, -0.2) is 11.8 Å². The van der Waals surface area contributed by atoms with Gasteiger partial charge in [0.05, 0.1) is 12.2 Å². The molecule has 0 saturated heterocycles. The van der Waals surface area contributed by atoms with Crippen LogP contribution in [0.4, 0.5) is 11.4 Å². The highest BCUT2D eigenvalue weighted by atomic mass is 16.5. The van der Waals surface area contributed by atoms with E-state index in [0.29, 0.717) is 22.5 Å². The van der Waals surface area contributed by atoms with Gasteiger partial charge in [0.1, 0.15) is 11.6 Å². The Bertz CT molecular complexity index is 1420. The van der Waals surface area contributed by atoms with Crippen molar-refractivity contribution in [3.05, 3.63) is 107 Å². The Morgan fingerprint density at radius 2 is 1.61 bits per heavy atom. The van der Waals surface area contributed by atoms with Crippen LogP contribution in [0, 0.1) is 11.3 Å². The van der Waals surface area contributed by atoms with Crippen LogP contribution in [-0.2, 0) is 31.9 Å². The van der Waals surface area contributed by atoms with Gasteiger partial charge in [0.2, 0.25) is 17.4 Å². The van der Waals surface area contributed by atoms with E-state index in [2.05, 4.69) is 11.4 Å². The number of nitrogens with zero attached hydrogens (tertiary/aromatic N) is 2. The van der Waals surface area contributed by atoms with Crippen LogP contribution in [0.1, 0.15) is 16.7 Å². The number of para-hydroxylation sites is 2. The number of nitrogens with two attached hydrogens (primary N) is 1. The fourth-order valence-corrected chi connectivity index (χ4v) is 5.45. The summed E-state index contributed by atoms with van der Waals surface area (Å²) in [5.74, 6) is -1.16. The molecule has 3 aliphatic rings. The smallest absolute Gasteiger partial charge is 0.278 e. The molecule has 0 aliphatic carbocycles. The number of hydrogen-bond acceptors (Lipinski definition) is 5. The fourth-order valence-electron chi connectivity index (χ4n) is 5.45. The minimum absolute atomic E-state index is 0.0605. The third-order valence-electron chi connectivity index (χ3n) is 6.75. The summed E-state index contributed by atoms with van der Waals surface area (Å²) in [6.07, 6.45) is 0. The molecule has 3 aliphatic heterocycles. The van der Waals surface area contributed by atoms with Crippen molar-refractivity contribution in [1.29, 1.82) is 5.26 Å². The van der Waals surface area contributed by atoms with Gasteiger partial charge in [0.15, 0.2) is 5.41 Å². The van der Waals surface area contributed by atoms with E-state index < -0.39 is 22.8 Å². The lowest BCUT2D eigenvalue weighted by atomic mass is 9.62. The Morgan fingerprint density at radius 3 is 2.36 bits per heavy atom. The van der Waals surface area contributed by atoms with E-state index in [4.69, 9.17) is 10.5 Å². The summed E-state index contributed by atoms with van der Waals surface area (Å²) in [6.45, 7) is 0.281. The van der Waals surface area contributed by atoms with Crippen LogP contribution in [0.15, 0.2) is 90.3 Å². The van der Waals surface area contributed by atoms with Crippen LogP contribution in [0.2, 0.25) is 0 Å². The largest absolute Gasteiger partial charge is 0.455 e. The van der Waals surface area contributed by atoms with Crippen molar-refractivity contribution in [3.8, 4) is 6.07 Å². The van der Waals surface area contributed by atoms with Gasteiger partial charge in [-0.25, -0.2) is 0 Å². The normalized spacial score (nSPS) is 24.6. The zero-order valence-electron chi connectivity index (χ0n) is 17.4. The Balaban J connectivity index is 1.65. The number of hydrogen-bond donors (Lipinski definition) is 2. The van der Waals surface area contributed by atoms with E-state index in [1.165, 1.54) is 0 Å². The zero-order chi connectivity index (χ0) is 22.8. The van der Waals surface area contributed by atoms with Gasteiger partial charge in [-0.1, -0.05) is 66.7 Å². The van der Waals surface area contributed by atoms with E-state index in [1.807, 2.05) is 42.5 Å². The summed E-state index contributed by atoms with van der Waals surface area (Å²) >= 11 is 0. The van der Waals surface area contributed by atoms with Gasteiger partial charge in [-0.15, -0.1) is 0 Å². The molecule has 2 spiro atoms. The fraction of sp³-hybridized carbons (Fsp3) is 0.115. The van der Waals surface area contributed by atoms with E-state index >= 15 is 0 Å². The molecule has 3 aromatic carbocycles. The number of carbonyl (C=O) groups excluding carboxylic acids is 2. The first-order chi connectivity index (χ1) is 16.1. The number of ether oxygens (including phenoxy) is 1. The van der Waals surface area contributed by atoms with Gasteiger partial charge >= 0.3 is 0 Å². The maximum atomic E-state index is 14.3. The monoisotopic (exact) mass is 434 g/mol. The molecule has 0 fully saturated rings. The molecule has 2 atom stereocenters. The maximum Gasteiger partial charge on any atom is 0.278 e. The second-order valence-electron chi connectivity index (χ2n) is 8.28. The molecular formula is C26H18N4O3. The van der Waals surface area contributed by atoms with Crippen molar-refractivity contribution in [2.45, 2.75) is 17.6 Å². The number of fused-ring (bicyclic) bond motifs is 5. The van der Waals surface area contributed by atoms with Crippen LogP contribution < -0.4 is 16.0 Å². The first-order valence-electron chi connectivity index (χ1n) is 10.5. The number of nitriles is 1. The molecule has 0 bridgehead atoms. The molecule has 0 radical (unpaired) electrons. The van der Waals surface area contributed by atoms with Gasteiger partial charge in [-0.05, 0) is 17.7 Å².